The lowest BCUT2D eigenvalue weighted by molar-refractivity contribution is 0.466. The van der Waals surface area contributed by atoms with Crippen molar-refractivity contribution in [3.63, 3.8) is 0 Å². The molecule has 0 unspecified atom stereocenters. The summed E-state index contributed by atoms with van der Waals surface area (Å²) in [5, 5.41) is 12.4. The van der Waals surface area contributed by atoms with E-state index >= 15 is 0 Å². The molecule has 0 saturated carbocycles. The minimum Gasteiger partial charge on any atom is -0.507 e. The van der Waals surface area contributed by atoms with Gasteiger partial charge in [-0.2, -0.15) is 0 Å². The maximum absolute atomic E-state index is 12.4. The molecular weight excluding hydrogens is 815 g/mol. The number of hydrogen-bond acceptors (Lipinski definition) is 3. The Hall–Kier alpha value is -6.26. The average molecular weight is 891 g/mol. The molecule has 0 bridgehead atoms. The smallest absolute Gasteiger partial charge is 0.149 e. The summed E-state index contributed by atoms with van der Waals surface area (Å²) >= 11 is 0. The van der Waals surface area contributed by atoms with E-state index in [-0.39, 0.29) is 34.0 Å². The van der Waals surface area contributed by atoms with Crippen LogP contribution >= 0.6 is 0 Å². The summed E-state index contributed by atoms with van der Waals surface area (Å²) in [5.41, 5.74) is 14.7. The molecule has 0 atom stereocenters. The van der Waals surface area contributed by atoms with Crippen molar-refractivity contribution < 1.29 is 12.0 Å². The minimum absolute atomic E-state index is 0.0154. The number of pyridine rings is 1. The van der Waals surface area contributed by atoms with Crippen LogP contribution in [0.1, 0.15) is 166 Å². The van der Waals surface area contributed by atoms with Crippen LogP contribution in [0.4, 0.5) is 0 Å². The molecule has 4 nitrogen and oxygen atoms in total. The van der Waals surface area contributed by atoms with Crippen LogP contribution in [-0.4, -0.2) is 19.6 Å². The van der Waals surface area contributed by atoms with E-state index in [0.717, 1.165) is 50.2 Å². The van der Waals surface area contributed by atoms with Gasteiger partial charge in [-0.15, -0.1) is 0 Å². The molecule has 0 spiro atoms. The van der Waals surface area contributed by atoms with Crippen LogP contribution in [-0.2, 0) is 10.8 Å². The second-order valence-electron chi connectivity index (χ2n) is 21.5. The first-order valence-corrected chi connectivity index (χ1v) is 23.8. The van der Waals surface area contributed by atoms with Gasteiger partial charge in [0.2, 0.25) is 0 Å². The van der Waals surface area contributed by atoms with Gasteiger partial charge in [-0.3, -0.25) is 9.55 Å². The SMILES string of the molecule is [2H]C([2H])([2H])c1cc(-c2c(C([2H])(C)C)cccc2C([2H])(C)C)ccc1-n1c(-c2cc(C(C)C)cc(C(C)C)c2O)nc2c(-c3cc(-c4cc(-c5ccc(C(C)(C)C)cc5)ccn4)cc(C(C)(C)C)c3)cccc21. The fourth-order valence-electron chi connectivity index (χ4n) is 9.26. The number of rotatable bonds is 10. The van der Waals surface area contributed by atoms with Gasteiger partial charge in [0.15, 0.2) is 0 Å². The molecule has 6 aromatic carbocycles. The normalized spacial score (nSPS) is 14.0. The molecule has 344 valence electrons. The quantitative estimate of drug-likeness (QED) is 0.149. The van der Waals surface area contributed by atoms with Gasteiger partial charge >= 0.3 is 0 Å². The zero-order valence-corrected chi connectivity index (χ0v) is 42.1. The van der Waals surface area contributed by atoms with Crippen molar-refractivity contribution in [1.82, 2.24) is 14.5 Å². The zero-order valence-electron chi connectivity index (χ0n) is 47.1. The number of phenolic OH excluding ortho intramolecular Hbond substituents is 1. The van der Waals surface area contributed by atoms with Crippen molar-refractivity contribution in [3.05, 3.63) is 166 Å². The molecule has 0 radical (unpaired) electrons. The Morgan fingerprint density at radius 1 is 0.567 bits per heavy atom. The van der Waals surface area contributed by atoms with Crippen molar-refractivity contribution in [2.45, 2.75) is 138 Å². The Bertz CT molecular complexity index is 3300. The third-order valence-corrected chi connectivity index (χ3v) is 13.3. The first kappa shape index (κ1) is 41.0. The fraction of sp³-hybridized carbons (Fsp3) is 0.333. The first-order valence-electron chi connectivity index (χ1n) is 26.3. The molecule has 67 heavy (non-hydrogen) atoms. The van der Waals surface area contributed by atoms with Crippen LogP contribution in [0.3, 0.4) is 0 Å². The summed E-state index contributed by atoms with van der Waals surface area (Å²) in [6, 6.07) is 40.8. The highest BCUT2D eigenvalue weighted by atomic mass is 16.3. The highest BCUT2D eigenvalue weighted by Crippen LogP contribution is 2.45. The summed E-state index contributed by atoms with van der Waals surface area (Å²) in [5.74, 6) is -1.47. The molecule has 2 heterocycles. The number of para-hydroxylation sites is 1. The van der Waals surface area contributed by atoms with Gasteiger partial charge < -0.3 is 5.11 Å². The highest BCUT2D eigenvalue weighted by Gasteiger charge is 2.26. The number of aromatic hydroxyl groups is 1. The number of nitrogens with zero attached hydrogens (tertiary/aromatic N) is 3. The minimum atomic E-state index is -2.62. The second kappa shape index (κ2) is 18.1. The van der Waals surface area contributed by atoms with Gasteiger partial charge in [-0.1, -0.05) is 170 Å². The van der Waals surface area contributed by atoms with Crippen LogP contribution in [0, 0.1) is 6.85 Å². The molecule has 2 aromatic heterocycles. The number of aromatic nitrogens is 3. The first-order chi connectivity index (χ1) is 33.4. The Balaban J connectivity index is 1.43. The number of aryl methyl sites for hydroxylation is 1. The fourth-order valence-corrected chi connectivity index (χ4v) is 9.26. The van der Waals surface area contributed by atoms with Crippen LogP contribution in [0.5, 0.6) is 5.75 Å². The molecule has 0 saturated heterocycles. The molecule has 8 aromatic rings. The second-order valence-corrected chi connectivity index (χ2v) is 21.5. The Morgan fingerprint density at radius 3 is 1.82 bits per heavy atom. The maximum atomic E-state index is 12.4. The van der Waals surface area contributed by atoms with E-state index < -0.39 is 18.6 Å². The van der Waals surface area contributed by atoms with Gasteiger partial charge in [0.1, 0.15) is 11.6 Å². The molecule has 0 aliphatic rings. The topological polar surface area (TPSA) is 50.9 Å². The van der Waals surface area contributed by atoms with Crippen LogP contribution in [0.2, 0.25) is 0 Å². The Kier molecular flexibility index (Phi) is 11.1. The molecule has 0 amide bonds. The van der Waals surface area contributed by atoms with Gasteiger partial charge in [-0.05, 0) is 157 Å². The van der Waals surface area contributed by atoms with Crippen LogP contribution in [0.25, 0.3) is 72.7 Å². The lowest BCUT2D eigenvalue weighted by atomic mass is 9.83. The predicted molar refractivity (Wildman–Crippen MR) is 286 cm³/mol. The third-order valence-electron chi connectivity index (χ3n) is 13.3. The summed E-state index contributed by atoms with van der Waals surface area (Å²) in [4.78, 5) is 10.5. The Labute approximate surface area is 408 Å². The van der Waals surface area contributed by atoms with Crippen molar-refractivity contribution in [2.24, 2.45) is 0 Å². The largest absolute Gasteiger partial charge is 0.507 e. The van der Waals surface area contributed by atoms with E-state index in [1.54, 1.807) is 6.07 Å². The van der Waals surface area contributed by atoms with Crippen LogP contribution in [0.15, 0.2) is 128 Å². The average Bonchev–Trinajstić information content (AvgIpc) is 3.69. The van der Waals surface area contributed by atoms with Gasteiger partial charge in [0, 0.05) is 24.2 Å². The number of benzene rings is 6. The lowest BCUT2D eigenvalue weighted by Crippen LogP contribution is -2.11. The zero-order chi connectivity index (χ0) is 52.6. The van der Waals surface area contributed by atoms with E-state index in [9.17, 15) is 12.0 Å². The van der Waals surface area contributed by atoms with E-state index in [0.29, 0.717) is 50.4 Å². The van der Waals surface area contributed by atoms with E-state index in [1.165, 1.54) is 5.56 Å². The van der Waals surface area contributed by atoms with Crippen LogP contribution < -0.4 is 0 Å². The number of phenols is 1. The van der Waals surface area contributed by atoms with Crippen molar-refractivity contribution >= 4 is 11.0 Å². The van der Waals surface area contributed by atoms with Crippen molar-refractivity contribution in [2.75, 3.05) is 0 Å². The molecular formula is C63H71N3O. The van der Waals surface area contributed by atoms with E-state index in [4.69, 9.17) is 9.97 Å². The Morgan fingerprint density at radius 2 is 1.21 bits per heavy atom. The predicted octanol–water partition coefficient (Wildman–Crippen LogP) is 17.9. The number of hydrogen-bond donors (Lipinski definition) is 1. The maximum Gasteiger partial charge on any atom is 0.149 e. The summed E-state index contributed by atoms with van der Waals surface area (Å²) in [7, 11) is 0. The van der Waals surface area contributed by atoms with E-state index in [2.05, 4.69) is 136 Å². The summed E-state index contributed by atoms with van der Waals surface area (Å²) in [6.45, 7) is 26.3. The van der Waals surface area contributed by atoms with Gasteiger partial charge in [-0.25, -0.2) is 4.98 Å². The standard InChI is InChI=1S/C63H71N3O/c1-37(2)45-34-53(40(7)8)60(67)54(35-45)61-65-59-52(20-17-21-57(59)66(61)56-27-24-44(30-41(56)9)58-50(38(3)4)18-16-19-51(58)39(5)6)46-31-47(33-49(32-46)63(13,14)15)55-36-43(28-29-64-55)42-22-25-48(26-23-42)62(10,11)12/h16-40,67H,1-15H3/i9D3,38D,39D. The molecule has 8 rings (SSSR count). The van der Waals surface area contributed by atoms with Crippen molar-refractivity contribution in [1.29, 1.82) is 0 Å². The molecule has 0 aliphatic heterocycles. The summed E-state index contributed by atoms with van der Waals surface area (Å²) in [6.07, 6.45) is 1.87. The molecule has 4 heteroatoms. The number of fused-ring (bicyclic) bond motifs is 1. The number of imidazole rings is 1. The molecule has 0 aliphatic carbocycles. The van der Waals surface area contributed by atoms with E-state index in [1.807, 2.05) is 87.0 Å². The highest BCUT2D eigenvalue weighted by molar-refractivity contribution is 5.97. The molecule has 0 fully saturated rings. The summed E-state index contributed by atoms with van der Waals surface area (Å²) < 4.78 is 47.8. The van der Waals surface area contributed by atoms with Crippen molar-refractivity contribution in [3.8, 4) is 67.5 Å². The monoisotopic (exact) mass is 891 g/mol. The van der Waals surface area contributed by atoms with Gasteiger partial charge in [0.05, 0.1) is 28.0 Å². The third kappa shape index (κ3) is 9.25. The lowest BCUT2D eigenvalue weighted by Gasteiger charge is -2.22. The molecule has 1 N–H and O–H groups in total. The van der Waals surface area contributed by atoms with Gasteiger partial charge in [0.25, 0.3) is 0 Å².